The number of halogens is 4. The van der Waals surface area contributed by atoms with E-state index in [-0.39, 0.29) is 35.4 Å². The second-order valence-electron chi connectivity index (χ2n) is 12.9. The summed E-state index contributed by atoms with van der Waals surface area (Å²) in [5, 5.41) is 3.16. The van der Waals surface area contributed by atoms with Crippen molar-refractivity contribution in [3.8, 4) is 5.69 Å². The molecule has 0 radical (unpaired) electrons. The van der Waals surface area contributed by atoms with Crippen molar-refractivity contribution in [2.75, 3.05) is 18.0 Å². The minimum atomic E-state index is -2.67. The molecule has 3 saturated carbocycles. The second-order valence-corrected chi connectivity index (χ2v) is 12.9. The summed E-state index contributed by atoms with van der Waals surface area (Å²) in [6.45, 7) is 2.23. The van der Waals surface area contributed by atoms with Gasteiger partial charge in [-0.05, 0) is 74.6 Å². The number of amides is 1. The standard InChI is InChI=1S/C31H28F4N4O2/c1-30(10-15-6-16-8-17(11-30)20(16)7-15)37-29(41)21-12-39(25-4-2-18(32)9-24(25)33)28-19(27(21)40)3-5-26(36-28)38-13-22-23(14-38)31(22,34)35/h2-5,9,11-12,15-16,20,22-23H,6-8,10,13-14H2,1H3,(H,37,41). The van der Waals surface area contributed by atoms with Crippen LogP contribution in [-0.4, -0.2) is 40.0 Å². The van der Waals surface area contributed by atoms with Gasteiger partial charge in [-0.2, -0.15) is 0 Å². The van der Waals surface area contributed by atoms with Gasteiger partial charge in [0.15, 0.2) is 5.65 Å². The number of anilines is 1. The van der Waals surface area contributed by atoms with Crippen LogP contribution in [0.4, 0.5) is 23.4 Å². The van der Waals surface area contributed by atoms with Crippen LogP contribution < -0.4 is 15.6 Å². The summed E-state index contributed by atoms with van der Waals surface area (Å²) < 4.78 is 57.8. The minimum Gasteiger partial charge on any atom is -0.356 e. The number of hydrogen-bond acceptors (Lipinski definition) is 4. The van der Waals surface area contributed by atoms with Crippen molar-refractivity contribution in [3.63, 3.8) is 0 Å². The summed E-state index contributed by atoms with van der Waals surface area (Å²) in [5.74, 6) is -4.14. The molecule has 3 aromatic rings. The average molecular weight is 565 g/mol. The van der Waals surface area contributed by atoms with Crippen molar-refractivity contribution >= 4 is 22.8 Å². The zero-order valence-corrected chi connectivity index (χ0v) is 22.3. The number of alkyl halides is 2. The van der Waals surface area contributed by atoms with Gasteiger partial charge in [0.25, 0.3) is 11.8 Å². The molecule has 4 aliphatic carbocycles. The van der Waals surface area contributed by atoms with Gasteiger partial charge in [0.1, 0.15) is 23.0 Å². The molecule has 3 heterocycles. The lowest BCUT2D eigenvalue weighted by Gasteiger charge is -2.39. The Bertz CT molecular complexity index is 1740. The molecule has 1 aliphatic heterocycles. The molecule has 5 aliphatic rings. The predicted molar refractivity (Wildman–Crippen MR) is 144 cm³/mol. The molecule has 41 heavy (non-hydrogen) atoms. The van der Waals surface area contributed by atoms with Crippen LogP contribution in [0.25, 0.3) is 16.7 Å². The molecule has 1 N–H and O–H groups in total. The summed E-state index contributed by atoms with van der Waals surface area (Å²) in [6, 6.07) is 6.09. The number of carbonyl (C=O) groups is 1. The first-order valence-electron chi connectivity index (χ1n) is 14.2. The van der Waals surface area contributed by atoms with Gasteiger partial charge in [-0.25, -0.2) is 22.5 Å². The number of fused-ring (bicyclic) bond motifs is 3. The van der Waals surface area contributed by atoms with Crippen LogP contribution in [0.2, 0.25) is 0 Å². The van der Waals surface area contributed by atoms with Gasteiger partial charge in [-0.3, -0.25) is 14.2 Å². The SMILES string of the molecule is CC1(NC(=O)c2cn(-c3ccc(F)cc3F)c3nc(N4CC5C(C4)C5(F)F)ccc3c2=O)C=C2CC3CC(CC23)C1. The van der Waals surface area contributed by atoms with Crippen LogP contribution in [-0.2, 0) is 0 Å². The first-order valence-corrected chi connectivity index (χ1v) is 14.2. The highest BCUT2D eigenvalue weighted by Gasteiger charge is 2.71. The molecule has 212 valence electrons. The molecule has 0 spiro atoms. The van der Waals surface area contributed by atoms with E-state index in [1.165, 1.54) is 28.5 Å². The molecular weight excluding hydrogens is 536 g/mol. The van der Waals surface area contributed by atoms with E-state index < -0.39 is 46.3 Å². The highest BCUT2D eigenvalue weighted by Crippen LogP contribution is 2.60. The third kappa shape index (κ3) is 3.71. The molecule has 6 unspecified atom stereocenters. The Morgan fingerprint density at radius 1 is 1.10 bits per heavy atom. The Morgan fingerprint density at radius 3 is 2.63 bits per heavy atom. The average Bonchev–Trinajstić information content (AvgIpc) is 3.22. The molecule has 10 heteroatoms. The molecule has 2 bridgehead atoms. The van der Waals surface area contributed by atoms with E-state index in [0.717, 1.165) is 43.7 Å². The largest absolute Gasteiger partial charge is 0.356 e. The van der Waals surface area contributed by atoms with Gasteiger partial charge >= 0.3 is 0 Å². The maximum Gasteiger partial charge on any atom is 0.258 e. The second kappa shape index (κ2) is 8.20. The van der Waals surface area contributed by atoms with Crippen molar-refractivity contribution < 1.29 is 22.4 Å². The Balaban J connectivity index is 1.21. The number of pyridine rings is 2. The lowest BCUT2D eigenvalue weighted by atomic mass is 9.69. The maximum atomic E-state index is 15.1. The van der Waals surface area contributed by atoms with Gasteiger partial charge < -0.3 is 10.2 Å². The molecule has 2 aromatic heterocycles. The van der Waals surface area contributed by atoms with Crippen molar-refractivity contribution in [1.82, 2.24) is 14.9 Å². The highest BCUT2D eigenvalue weighted by atomic mass is 19.3. The number of allylic oxidation sites excluding steroid dienone is 1. The summed E-state index contributed by atoms with van der Waals surface area (Å²) in [5.41, 5.74) is -0.0320. The Morgan fingerprint density at radius 2 is 1.88 bits per heavy atom. The summed E-state index contributed by atoms with van der Waals surface area (Å²) in [4.78, 5) is 33.7. The van der Waals surface area contributed by atoms with E-state index in [1.54, 1.807) is 11.0 Å². The maximum absolute atomic E-state index is 15.1. The molecule has 1 amide bonds. The summed E-state index contributed by atoms with van der Waals surface area (Å²) >= 11 is 0. The van der Waals surface area contributed by atoms with Crippen molar-refractivity contribution in [2.24, 2.45) is 29.6 Å². The molecular formula is C31H28F4N4O2. The topological polar surface area (TPSA) is 67.2 Å². The Labute approximate surface area is 233 Å². The smallest absolute Gasteiger partial charge is 0.258 e. The van der Waals surface area contributed by atoms with E-state index >= 15 is 4.39 Å². The minimum absolute atomic E-state index is 0.0579. The van der Waals surface area contributed by atoms with Crippen molar-refractivity contribution in [2.45, 2.75) is 44.1 Å². The number of hydrogen-bond donors (Lipinski definition) is 1. The lowest BCUT2D eigenvalue weighted by molar-refractivity contribution is 0.0796. The van der Waals surface area contributed by atoms with Gasteiger partial charge in [0, 0.05) is 25.4 Å². The molecule has 4 fully saturated rings. The van der Waals surface area contributed by atoms with Crippen LogP contribution >= 0.6 is 0 Å². The fourth-order valence-electron chi connectivity index (χ4n) is 8.11. The third-order valence-electron chi connectivity index (χ3n) is 10.2. The fraction of sp³-hybridized carbons (Fsp3) is 0.452. The molecule has 6 atom stereocenters. The molecule has 1 saturated heterocycles. The van der Waals surface area contributed by atoms with Gasteiger partial charge in [-0.1, -0.05) is 11.6 Å². The van der Waals surface area contributed by atoms with Crippen LogP contribution in [0.1, 0.15) is 43.0 Å². The van der Waals surface area contributed by atoms with Gasteiger partial charge in [-0.15, -0.1) is 0 Å². The predicted octanol–water partition coefficient (Wildman–Crippen LogP) is 5.23. The highest BCUT2D eigenvalue weighted by molar-refractivity contribution is 5.98. The normalized spacial score (nSPS) is 32.3. The zero-order valence-electron chi connectivity index (χ0n) is 22.3. The number of rotatable bonds is 4. The molecule has 1 aromatic carbocycles. The van der Waals surface area contributed by atoms with Crippen LogP contribution in [0.5, 0.6) is 0 Å². The number of piperidine rings is 1. The number of nitrogens with one attached hydrogen (secondary N) is 1. The van der Waals surface area contributed by atoms with E-state index in [0.29, 0.717) is 17.7 Å². The van der Waals surface area contributed by atoms with E-state index in [1.807, 2.05) is 6.92 Å². The number of benzene rings is 1. The van der Waals surface area contributed by atoms with E-state index in [4.69, 9.17) is 0 Å². The quantitative estimate of drug-likeness (QED) is 0.348. The third-order valence-corrected chi connectivity index (χ3v) is 10.2. The van der Waals surface area contributed by atoms with Crippen LogP contribution in [0.3, 0.4) is 0 Å². The Hall–Kier alpha value is -3.69. The first-order chi connectivity index (χ1) is 19.5. The fourth-order valence-corrected chi connectivity index (χ4v) is 8.11. The van der Waals surface area contributed by atoms with Crippen LogP contribution in [0, 0.1) is 41.2 Å². The lowest BCUT2D eigenvalue weighted by Crippen LogP contribution is -2.48. The Kier molecular flexibility index (Phi) is 5.01. The zero-order chi connectivity index (χ0) is 28.4. The summed E-state index contributed by atoms with van der Waals surface area (Å²) in [6.07, 6.45) is 7.54. The van der Waals surface area contributed by atoms with E-state index in [2.05, 4.69) is 16.4 Å². The van der Waals surface area contributed by atoms with Crippen LogP contribution in [0.15, 0.2) is 53.0 Å². The monoisotopic (exact) mass is 564 g/mol. The molecule has 6 nitrogen and oxygen atoms in total. The first kappa shape index (κ1) is 25.1. The van der Waals surface area contributed by atoms with E-state index in [9.17, 15) is 22.8 Å². The molecule has 8 rings (SSSR count). The van der Waals surface area contributed by atoms with Crippen molar-refractivity contribution in [3.05, 3.63) is 75.6 Å². The number of aromatic nitrogens is 2. The number of carbonyl (C=O) groups excluding carboxylic acids is 1. The number of nitrogens with zero attached hydrogens (tertiary/aromatic N) is 3. The summed E-state index contributed by atoms with van der Waals surface area (Å²) in [7, 11) is 0. The van der Waals surface area contributed by atoms with Gasteiger partial charge in [0.05, 0.1) is 28.4 Å². The van der Waals surface area contributed by atoms with Crippen molar-refractivity contribution in [1.29, 1.82) is 0 Å². The van der Waals surface area contributed by atoms with Gasteiger partial charge in [0.2, 0.25) is 5.43 Å².